The van der Waals surface area contributed by atoms with Crippen LogP contribution in [0.1, 0.15) is 30.5 Å². The zero-order valence-corrected chi connectivity index (χ0v) is 31.9. The Kier molecular flexibility index (Phi) is 11.5. The highest BCUT2D eigenvalue weighted by atomic mass is 35.5. The number of fused-ring (bicyclic) bond motifs is 1. The molecule has 1 atom stereocenters. The van der Waals surface area contributed by atoms with E-state index in [1.165, 1.54) is 14.2 Å². The van der Waals surface area contributed by atoms with Crippen LogP contribution in [0.2, 0.25) is 5.02 Å². The van der Waals surface area contributed by atoms with E-state index in [9.17, 15) is 19.7 Å². The lowest BCUT2D eigenvalue weighted by atomic mass is 9.99. The summed E-state index contributed by atoms with van der Waals surface area (Å²) in [6.45, 7) is 2.88. The van der Waals surface area contributed by atoms with Gasteiger partial charge >= 0.3 is 5.82 Å². The third kappa shape index (κ3) is 8.80. The van der Waals surface area contributed by atoms with E-state index in [2.05, 4.69) is 20.3 Å². The molecule has 5 aromatic rings. The Bertz CT molecular complexity index is 2420. The molecular weight excluding hydrogens is 722 g/mol. The topological polar surface area (TPSA) is 151 Å². The number of nitrogens with one attached hydrogen (secondary N) is 1. The number of ketones is 1. The van der Waals surface area contributed by atoms with Crippen LogP contribution < -0.4 is 20.3 Å². The average Bonchev–Trinajstić information content (AvgIpc) is 3.63. The number of quaternary nitrogens is 1. The van der Waals surface area contributed by atoms with E-state index in [1.54, 1.807) is 59.7 Å². The predicted molar refractivity (Wildman–Crippen MR) is 214 cm³/mol. The Morgan fingerprint density at radius 3 is 2.64 bits per heavy atom. The molecule has 282 valence electrons. The number of halogens is 1. The maximum atomic E-state index is 14.7. The van der Waals surface area contributed by atoms with Crippen LogP contribution in [0.3, 0.4) is 0 Å². The molecule has 1 aliphatic rings. The highest BCUT2D eigenvalue weighted by Gasteiger charge is 2.28. The van der Waals surface area contributed by atoms with E-state index in [0.717, 1.165) is 16.8 Å². The molecule has 0 amide bonds. The van der Waals surface area contributed by atoms with E-state index < -0.39 is 11.0 Å². The molecule has 2 aromatic carbocycles. The van der Waals surface area contributed by atoms with Gasteiger partial charge in [0.05, 0.1) is 68.9 Å². The fourth-order valence-electron chi connectivity index (χ4n) is 6.66. The summed E-state index contributed by atoms with van der Waals surface area (Å²) in [7, 11) is 6.94. The van der Waals surface area contributed by atoms with Crippen molar-refractivity contribution < 1.29 is 23.7 Å². The summed E-state index contributed by atoms with van der Waals surface area (Å²) in [6, 6.07) is 17.8. The first kappa shape index (κ1) is 38.5. The van der Waals surface area contributed by atoms with E-state index in [0.29, 0.717) is 68.9 Å². The van der Waals surface area contributed by atoms with Crippen LogP contribution in [0.4, 0.5) is 11.5 Å². The molecule has 0 spiro atoms. The van der Waals surface area contributed by atoms with E-state index in [4.69, 9.17) is 21.1 Å². The van der Waals surface area contributed by atoms with E-state index >= 15 is 0 Å². The highest BCUT2D eigenvalue weighted by Crippen LogP contribution is 2.39. The molecule has 1 unspecified atom stereocenters. The minimum absolute atomic E-state index is 0.0924. The quantitative estimate of drug-likeness (QED) is 0.0506. The van der Waals surface area contributed by atoms with Gasteiger partial charge in [0.1, 0.15) is 30.1 Å². The molecule has 3 aromatic heterocycles. The largest absolute Gasteiger partial charge is 0.497 e. The number of aliphatic imine (C=N–C) groups is 1. The van der Waals surface area contributed by atoms with Crippen LogP contribution in [0.15, 0.2) is 113 Å². The Balaban J connectivity index is 1.32. The standard InChI is InChI=1S/C41H40ClN7O6/c1-26(28-10-6-9-27(17-28)18-32(50)12-8-16-49(2,3)25-29-13-15-44-40(29)48(52)53)47-36-22-38(46-31-11-7-14-43-24-31)45-23-30(36)19-35(41(47)51)34-20-33(54-4)21-37(55-5)39(34)42/h6-12,14-15,17,19-24,26H,13,16,18,25H2,1-5H3/p+1/b12-8+. The first-order valence-electron chi connectivity index (χ1n) is 17.5. The lowest BCUT2D eigenvalue weighted by molar-refractivity contribution is -0.880. The van der Waals surface area contributed by atoms with Crippen LogP contribution >= 0.6 is 11.6 Å². The Labute approximate surface area is 323 Å². The number of allylic oxidation sites excluding steroid dienone is 1. The van der Waals surface area contributed by atoms with Crippen LogP contribution in [0.5, 0.6) is 11.5 Å². The molecule has 4 heterocycles. The van der Waals surface area contributed by atoms with Crippen LogP contribution in [0, 0.1) is 10.1 Å². The summed E-state index contributed by atoms with van der Waals surface area (Å²) in [5.41, 5.74) is 4.11. The minimum Gasteiger partial charge on any atom is -0.497 e. The first-order chi connectivity index (χ1) is 26.4. The van der Waals surface area contributed by atoms with Gasteiger partial charge in [-0.1, -0.05) is 40.9 Å². The lowest BCUT2D eigenvalue weighted by Gasteiger charge is -2.28. The zero-order chi connectivity index (χ0) is 39.3. The SMILES string of the molecule is COc1cc(OC)c(Cl)c(-c2cc3cnc(Nc4cccnc4)cc3n(C(C)c3cccc(CC(=O)/C=C/C[N+](C)(C)CC4=C([N+](=O)[O-])N=CC4)c3)c2=O)c1. The third-order valence-electron chi connectivity index (χ3n) is 9.37. The van der Waals surface area contributed by atoms with Gasteiger partial charge in [0.25, 0.3) is 5.56 Å². The first-order valence-corrected chi connectivity index (χ1v) is 17.9. The van der Waals surface area contributed by atoms with Crippen molar-refractivity contribution in [2.75, 3.05) is 46.7 Å². The maximum absolute atomic E-state index is 14.7. The van der Waals surface area contributed by atoms with Gasteiger partial charge in [-0.05, 0) is 59.4 Å². The van der Waals surface area contributed by atoms with Gasteiger partial charge in [0, 0.05) is 53.9 Å². The number of carbonyl (C=O) groups excluding carboxylic acids is 1. The molecule has 1 N–H and O–H groups in total. The number of nitro groups is 1. The van der Waals surface area contributed by atoms with Crippen molar-refractivity contribution in [1.29, 1.82) is 0 Å². The fraction of sp³-hybridized carbons (Fsp3) is 0.244. The number of benzene rings is 2. The Hall–Kier alpha value is -6.18. The van der Waals surface area contributed by atoms with Gasteiger partial charge < -0.3 is 34.0 Å². The Morgan fingerprint density at radius 2 is 1.91 bits per heavy atom. The smallest absolute Gasteiger partial charge is 0.368 e. The Morgan fingerprint density at radius 1 is 1.09 bits per heavy atom. The molecule has 1 aliphatic heterocycles. The molecule has 0 bridgehead atoms. The molecule has 0 aliphatic carbocycles. The number of hydrogen-bond acceptors (Lipinski definition) is 10. The van der Waals surface area contributed by atoms with Crippen molar-refractivity contribution in [3.63, 3.8) is 0 Å². The monoisotopic (exact) mass is 762 g/mol. The number of hydrogen-bond donors (Lipinski definition) is 1. The minimum atomic E-state index is -0.489. The molecule has 0 saturated carbocycles. The summed E-state index contributed by atoms with van der Waals surface area (Å²) < 4.78 is 13.2. The van der Waals surface area contributed by atoms with Gasteiger partial charge in [-0.25, -0.2) is 4.98 Å². The van der Waals surface area contributed by atoms with Crippen molar-refractivity contribution in [3.8, 4) is 22.6 Å². The maximum Gasteiger partial charge on any atom is 0.368 e. The predicted octanol–water partition coefficient (Wildman–Crippen LogP) is 7.19. The second-order valence-electron chi connectivity index (χ2n) is 13.9. The van der Waals surface area contributed by atoms with Crippen molar-refractivity contribution in [3.05, 3.63) is 139 Å². The number of ether oxygens (including phenoxy) is 2. The third-order valence-corrected chi connectivity index (χ3v) is 9.76. The molecular formula is C41H41ClN7O6+. The molecule has 0 saturated heterocycles. The van der Waals surface area contributed by atoms with E-state index in [1.807, 2.05) is 63.5 Å². The summed E-state index contributed by atoms with van der Waals surface area (Å²) in [6.07, 6.45) is 10.6. The number of nitrogens with zero attached hydrogens (tertiary/aromatic N) is 6. The lowest BCUT2D eigenvalue weighted by Crippen LogP contribution is -2.41. The van der Waals surface area contributed by atoms with Gasteiger partial charge in [-0.3, -0.25) is 14.6 Å². The van der Waals surface area contributed by atoms with Crippen molar-refractivity contribution in [2.45, 2.75) is 25.8 Å². The van der Waals surface area contributed by atoms with Crippen molar-refractivity contribution >= 4 is 46.0 Å². The normalized spacial score (nSPS) is 13.4. The molecule has 13 nitrogen and oxygen atoms in total. The van der Waals surface area contributed by atoms with Crippen LogP contribution in [-0.4, -0.2) is 77.3 Å². The van der Waals surface area contributed by atoms with Gasteiger partial charge in [0.15, 0.2) is 5.78 Å². The number of anilines is 2. The summed E-state index contributed by atoms with van der Waals surface area (Å²) in [5.74, 6) is 1.17. The second kappa shape index (κ2) is 16.5. The molecule has 14 heteroatoms. The highest BCUT2D eigenvalue weighted by molar-refractivity contribution is 6.35. The molecule has 0 fully saturated rings. The van der Waals surface area contributed by atoms with Gasteiger partial charge in [0.2, 0.25) is 0 Å². The van der Waals surface area contributed by atoms with Gasteiger partial charge in [-0.2, -0.15) is 0 Å². The number of pyridine rings is 3. The number of aromatic nitrogens is 3. The number of methoxy groups -OCH3 is 2. The number of likely N-dealkylation sites (N-methyl/N-ethyl adjacent to an activating group) is 1. The molecule has 0 radical (unpaired) electrons. The van der Waals surface area contributed by atoms with Crippen molar-refractivity contribution in [1.82, 2.24) is 14.5 Å². The number of carbonyl (C=O) groups is 1. The average molecular weight is 763 g/mol. The van der Waals surface area contributed by atoms with Crippen molar-refractivity contribution in [2.24, 2.45) is 4.99 Å². The van der Waals surface area contributed by atoms with Gasteiger partial charge in [-0.15, -0.1) is 0 Å². The summed E-state index contributed by atoms with van der Waals surface area (Å²) in [4.78, 5) is 51.5. The molecule has 55 heavy (non-hydrogen) atoms. The summed E-state index contributed by atoms with van der Waals surface area (Å²) in [5, 5.41) is 15.6. The van der Waals surface area contributed by atoms with Crippen LogP contribution in [-0.2, 0) is 11.2 Å². The fourth-order valence-corrected chi connectivity index (χ4v) is 6.94. The molecule has 6 rings (SSSR count). The van der Waals surface area contributed by atoms with Crippen LogP contribution in [0.25, 0.3) is 22.0 Å². The number of rotatable bonds is 15. The second-order valence-corrected chi connectivity index (χ2v) is 14.2. The van der Waals surface area contributed by atoms with E-state index in [-0.39, 0.29) is 28.6 Å². The summed E-state index contributed by atoms with van der Waals surface area (Å²) >= 11 is 6.82. The zero-order valence-electron chi connectivity index (χ0n) is 31.2.